The van der Waals surface area contributed by atoms with E-state index in [0.717, 1.165) is 18.5 Å². The van der Waals surface area contributed by atoms with Gasteiger partial charge in [-0.05, 0) is 30.7 Å². The molecule has 1 N–H and O–H groups in total. The van der Waals surface area contributed by atoms with Gasteiger partial charge in [0.05, 0.1) is 5.52 Å². The molecule has 17 heavy (non-hydrogen) atoms. The third-order valence-corrected chi connectivity index (χ3v) is 3.04. The molecule has 2 rings (SSSR count). The third-order valence-electron chi connectivity index (χ3n) is 3.04. The van der Waals surface area contributed by atoms with Gasteiger partial charge in [-0.1, -0.05) is 38.5 Å². The van der Waals surface area contributed by atoms with Crippen LogP contribution in [0.1, 0.15) is 38.3 Å². The molecule has 0 saturated carbocycles. The van der Waals surface area contributed by atoms with Crippen LogP contribution >= 0.6 is 0 Å². The highest BCUT2D eigenvalue weighted by Crippen LogP contribution is 2.21. The van der Waals surface area contributed by atoms with E-state index in [1.807, 2.05) is 12.3 Å². The highest BCUT2D eigenvalue weighted by atomic mass is 14.9. The Morgan fingerprint density at radius 3 is 2.82 bits per heavy atom. The Labute approximate surface area is 103 Å². The molecular formula is C15H20N2. The summed E-state index contributed by atoms with van der Waals surface area (Å²) in [5.74, 6) is 0. The summed E-state index contributed by atoms with van der Waals surface area (Å²) in [5.41, 5.74) is 2.37. The molecule has 0 bridgehead atoms. The van der Waals surface area contributed by atoms with Crippen molar-refractivity contribution in [2.75, 3.05) is 6.54 Å². The van der Waals surface area contributed by atoms with Crippen molar-refractivity contribution in [2.45, 2.75) is 32.7 Å². The molecule has 1 aromatic carbocycles. The van der Waals surface area contributed by atoms with Crippen LogP contribution in [0.5, 0.6) is 0 Å². The first-order chi connectivity index (χ1) is 8.35. The molecule has 0 fully saturated rings. The molecule has 1 heterocycles. The zero-order chi connectivity index (χ0) is 12.1. The van der Waals surface area contributed by atoms with Gasteiger partial charge in [0, 0.05) is 17.6 Å². The van der Waals surface area contributed by atoms with Gasteiger partial charge in [-0.25, -0.2) is 0 Å². The lowest BCUT2D eigenvalue weighted by molar-refractivity contribution is 0.508. The van der Waals surface area contributed by atoms with E-state index in [9.17, 15) is 0 Å². The second-order valence-electron chi connectivity index (χ2n) is 4.36. The van der Waals surface area contributed by atoms with E-state index in [1.54, 1.807) is 0 Å². The van der Waals surface area contributed by atoms with Gasteiger partial charge >= 0.3 is 0 Å². The van der Waals surface area contributed by atoms with Crippen LogP contribution in [0.25, 0.3) is 10.9 Å². The average Bonchev–Trinajstić information content (AvgIpc) is 2.38. The van der Waals surface area contributed by atoms with E-state index in [4.69, 9.17) is 0 Å². The average molecular weight is 228 g/mol. The molecule has 2 aromatic rings. The van der Waals surface area contributed by atoms with Gasteiger partial charge in [0.15, 0.2) is 0 Å². The number of aromatic nitrogens is 1. The first-order valence-corrected chi connectivity index (χ1v) is 6.43. The molecule has 90 valence electrons. The molecule has 1 unspecified atom stereocenters. The van der Waals surface area contributed by atoms with Crippen molar-refractivity contribution in [1.29, 1.82) is 0 Å². The minimum absolute atomic E-state index is 0.433. The topological polar surface area (TPSA) is 24.9 Å². The fourth-order valence-electron chi connectivity index (χ4n) is 2.20. The van der Waals surface area contributed by atoms with Crippen molar-refractivity contribution >= 4 is 10.9 Å². The predicted molar refractivity (Wildman–Crippen MR) is 73.1 cm³/mol. The molecule has 0 amide bonds. The number of hydrogen-bond donors (Lipinski definition) is 1. The lowest BCUT2D eigenvalue weighted by Gasteiger charge is -2.17. The molecule has 0 aliphatic heterocycles. The van der Waals surface area contributed by atoms with E-state index in [0.29, 0.717) is 6.04 Å². The van der Waals surface area contributed by atoms with Crippen LogP contribution in [0.4, 0.5) is 0 Å². The molecule has 0 saturated heterocycles. The number of benzene rings is 1. The van der Waals surface area contributed by atoms with Gasteiger partial charge in [-0.2, -0.15) is 0 Å². The Morgan fingerprint density at radius 1 is 1.24 bits per heavy atom. The number of para-hydroxylation sites is 1. The van der Waals surface area contributed by atoms with E-state index in [-0.39, 0.29) is 0 Å². The molecule has 2 nitrogen and oxygen atoms in total. The maximum absolute atomic E-state index is 4.53. The smallest absolute Gasteiger partial charge is 0.0702 e. The zero-order valence-electron chi connectivity index (χ0n) is 10.6. The van der Waals surface area contributed by atoms with Gasteiger partial charge in [-0.15, -0.1) is 0 Å². The Hall–Kier alpha value is -1.41. The quantitative estimate of drug-likeness (QED) is 0.844. The van der Waals surface area contributed by atoms with Crippen molar-refractivity contribution in [1.82, 2.24) is 10.3 Å². The minimum Gasteiger partial charge on any atom is -0.310 e. The van der Waals surface area contributed by atoms with Crippen LogP contribution in [0.15, 0.2) is 36.5 Å². The van der Waals surface area contributed by atoms with Gasteiger partial charge in [-0.3, -0.25) is 4.98 Å². The zero-order valence-corrected chi connectivity index (χ0v) is 10.6. The SMILES string of the molecule is CCCC(NCC)c1cnc2ccccc2c1. The van der Waals surface area contributed by atoms with Crippen LogP contribution in [-0.2, 0) is 0 Å². The van der Waals surface area contributed by atoms with Crippen molar-refractivity contribution in [3.8, 4) is 0 Å². The lowest BCUT2D eigenvalue weighted by atomic mass is 10.0. The fraction of sp³-hybridized carbons (Fsp3) is 0.400. The summed E-state index contributed by atoms with van der Waals surface area (Å²) in [6.45, 7) is 5.37. The van der Waals surface area contributed by atoms with E-state index in [2.05, 4.69) is 48.4 Å². The molecule has 0 aliphatic carbocycles. The molecule has 0 radical (unpaired) electrons. The Kier molecular flexibility index (Phi) is 4.10. The summed E-state index contributed by atoms with van der Waals surface area (Å²) in [6, 6.07) is 11.0. The molecule has 0 spiro atoms. The Bertz CT molecular complexity index is 473. The fourth-order valence-corrected chi connectivity index (χ4v) is 2.20. The van der Waals surface area contributed by atoms with Crippen molar-refractivity contribution < 1.29 is 0 Å². The summed E-state index contributed by atoms with van der Waals surface area (Å²) < 4.78 is 0. The first kappa shape index (κ1) is 12.1. The lowest BCUT2D eigenvalue weighted by Crippen LogP contribution is -2.20. The summed E-state index contributed by atoms with van der Waals surface area (Å²) in [7, 11) is 0. The maximum atomic E-state index is 4.53. The van der Waals surface area contributed by atoms with E-state index in [1.165, 1.54) is 17.4 Å². The summed E-state index contributed by atoms with van der Waals surface area (Å²) in [6.07, 6.45) is 4.35. The van der Waals surface area contributed by atoms with Gasteiger partial charge in [0.25, 0.3) is 0 Å². The van der Waals surface area contributed by atoms with Crippen molar-refractivity contribution in [3.05, 3.63) is 42.1 Å². The molecule has 1 aromatic heterocycles. The van der Waals surface area contributed by atoms with Gasteiger partial charge in [0.1, 0.15) is 0 Å². The van der Waals surface area contributed by atoms with Crippen LogP contribution in [0, 0.1) is 0 Å². The second-order valence-corrected chi connectivity index (χ2v) is 4.36. The van der Waals surface area contributed by atoms with Crippen LogP contribution in [0.2, 0.25) is 0 Å². The molecular weight excluding hydrogens is 208 g/mol. The Balaban J connectivity index is 2.32. The number of fused-ring (bicyclic) bond motifs is 1. The van der Waals surface area contributed by atoms with Crippen molar-refractivity contribution in [2.24, 2.45) is 0 Å². The highest BCUT2D eigenvalue weighted by Gasteiger charge is 2.09. The van der Waals surface area contributed by atoms with Crippen molar-refractivity contribution in [3.63, 3.8) is 0 Å². The van der Waals surface area contributed by atoms with Crippen LogP contribution in [-0.4, -0.2) is 11.5 Å². The first-order valence-electron chi connectivity index (χ1n) is 6.43. The Morgan fingerprint density at radius 2 is 2.06 bits per heavy atom. The van der Waals surface area contributed by atoms with Gasteiger partial charge < -0.3 is 5.32 Å². The standard InChI is InChI=1S/C15H20N2/c1-3-7-14(16-4-2)13-10-12-8-5-6-9-15(12)17-11-13/h5-6,8-11,14,16H,3-4,7H2,1-2H3. The highest BCUT2D eigenvalue weighted by molar-refractivity contribution is 5.78. The minimum atomic E-state index is 0.433. The van der Waals surface area contributed by atoms with Crippen LogP contribution < -0.4 is 5.32 Å². The van der Waals surface area contributed by atoms with E-state index < -0.39 is 0 Å². The summed E-state index contributed by atoms with van der Waals surface area (Å²) in [4.78, 5) is 4.53. The molecule has 2 heteroatoms. The number of rotatable bonds is 5. The molecule has 1 atom stereocenters. The van der Waals surface area contributed by atoms with Gasteiger partial charge in [0.2, 0.25) is 0 Å². The molecule has 0 aliphatic rings. The second kappa shape index (κ2) is 5.78. The monoisotopic (exact) mass is 228 g/mol. The normalized spacial score (nSPS) is 12.8. The summed E-state index contributed by atoms with van der Waals surface area (Å²) in [5, 5.41) is 4.75. The summed E-state index contributed by atoms with van der Waals surface area (Å²) >= 11 is 0. The largest absolute Gasteiger partial charge is 0.310 e. The maximum Gasteiger partial charge on any atom is 0.0702 e. The van der Waals surface area contributed by atoms with Crippen LogP contribution in [0.3, 0.4) is 0 Å². The number of nitrogens with zero attached hydrogens (tertiary/aromatic N) is 1. The predicted octanol–water partition coefficient (Wildman–Crippen LogP) is 3.69. The number of hydrogen-bond acceptors (Lipinski definition) is 2. The van der Waals surface area contributed by atoms with E-state index >= 15 is 0 Å². The number of pyridine rings is 1. The number of nitrogens with one attached hydrogen (secondary N) is 1. The third kappa shape index (κ3) is 2.83.